The number of nitrogens with zero attached hydrogens (tertiary/aromatic N) is 1. The fourth-order valence-corrected chi connectivity index (χ4v) is 5.17. The van der Waals surface area contributed by atoms with Gasteiger partial charge in [0.15, 0.2) is 0 Å². The number of carbonyl (C=O) groups is 2. The van der Waals surface area contributed by atoms with Crippen molar-refractivity contribution >= 4 is 23.8 Å². The summed E-state index contributed by atoms with van der Waals surface area (Å²) in [6, 6.07) is 27.4. The highest BCUT2D eigenvalue weighted by Crippen LogP contribution is 2.33. The van der Waals surface area contributed by atoms with Crippen molar-refractivity contribution in [3.05, 3.63) is 96.1 Å². The van der Waals surface area contributed by atoms with Gasteiger partial charge in [0.2, 0.25) is 0 Å². The van der Waals surface area contributed by atoms with Crippen LogP contribution in [0, 0.1) is 0 Å². The summed E-state index contributed by atoms with van der Waals surface area (Å²) in [6.45, 7) is 4.32. The minimum absolute atomic E-state index is 0.0160. The van der Waals surface area contributed by atoms with Gasteiger partial charge in [-0.05, 0) is 41.4 Å². The Kier molecular flexibility index (Phi) is 10.9. The van der Waals surface area contributed by atoms with Gasteiger partial charge in [0.1, 0.15) is 12.6 Å². The number of ether oxygens (including phenoxy) is 2. The first kappa shape index (κ1) is 27.3. The maximum atomic E-state index is 13.2. The second kappa shape index (κ2) is 14.3. The monoisotopic (exact) mass is 505 g/mol. The molecule has 3 aromatic rings. The zero-order valence-electron chi connectivity index (χ0n) is 21.3. The summed E-state index contributed by atoms with van der Waals surface area (Å²) in [4.78, 5) is 27.1. The van der Waals surface area contributed by atoms with Gasteiger partial charge in [-0.25, -0.2) is 9.59 Å². The molecule has 5 nitrogen and oxygen atoms in total. The van der Waals surface area contributed by atoms with Crippen molar-refractivity contribution < 1.29 is 19.1 Å². The SMILES string of the molecule is CCCCS[C@H](CN(C(=O)OCc1ccccc1)C(C)C(=O)OC)c1ccc(-c2ccccc2)cc1. The number of unbranched alkanes of at least 4 members (excludes halogenated alkanes) is 1. The van der Waals surface area contributed by atoms with E-state index < -0.39 is 18.1 Å². The minimum Gasteiger partial charge on any atom is -0.467 e. The van der Waals surface area contributed by atoms with Crippen LogP contribution in [-0.4, -0.2) is 42.4 Å². The summed E-state index contributed by atoms with van der Waals surface area (Å²) in [6.07, 6.45) is 1.64. The van der Waals surface area contributed by atoms with Crippen LogP contribution in [0.5, 0.6) is 0 Å². The summed E-state index contributed by atoms with van der Waals surface area (Å²) in [5, 5.41) is -0.0160. The molecule has 0 saturated heterocycles. The predicted octanol–water partition coefficient (Wildman–Crippen LogP) is 7.13. The molecule has 0 heterocycles. The summed E-state index contributed by atoms with van der Waals surface area (Å²) in [5.74, 6) is 0.490. The zero-order valence-corrected chi connectivity index (χ0v) is 22.1. The van der Waals surface area contributed by atoms with Crippen LogP contribution >= 0.6 is 11.8 Å². The van der Waals surface area contributed by atoms with Crippen LogP contribution in [0.15, 0.2) is 84.9 Å². The molecule has 6 heteroatoms. The Labute approximate surface area is 218 Å². The summed E-state index contributed by atoms with van der Waals surface area (Å²) >= 11 is 1.80. The van der Waals surface area contributed by atoms with E-state index in [9.17, 15) is 9.59 Å². The molecule has 0 bridgehead atoms. The van der Waals surface area contributed by atoms with Crippen LogP contribution < -0.4 is 0 Å². The number of carbonyl (C=O) groups excluding carboxylic acids is 2. The Morgan fingerprint density at radius 1 is 0.889 bits per heavy atom. The standard InChI is InChI=1S/C30H35NO4S/c1-4-5-20-36-28(27-18-16-26(17-19-27)25-14-10-7-11-15-25)21-31(23(2)29(32)34-3)30(33)35-22-24-12-8-6-9-13-24/h6-19,23,28H,4-5,20-22H2,1-3H3/t23?,28-/m1/s1. The highest BCUT2D eigenvalue weighted by Gasteiger charge is 2.31. The van der Waals surface area contributed by atoms with E-state index >= 15 is 0 Å². The fraction of sp³-hybridized carbons (Fsp3) is 0.333. The summed E-state index contributed by atoms with van der Waals surface area (Å²) in [7, 11) is 1.34. The minimum atomic E-state index is -0.767. The van der Waals surface area contributed by atoms with Gasteiger partial charge in [0, 0.05) is 11.8 Å². The molecular formula is C30H35NO4S. The molecule has 0 N–H and O–H groups in total. The first-order valence-electron chi connectivity index (χ1n) is 12.4. The lowest BCUT2D eigenvalue weighted by molar-refractivity contribution is -0.145. The van der Waals surface area contributed by atoms with Crippen molar-refractivity contribution in [1.29, 1.82) is 0 Å². The third-order valence-electron chi connectivity index (χ3n) is 6.02. The molecule has 0 aliphatic heterocycles. The van der Waals surface area contributed by atoms with Crippen molar-refractivity contribution in [3.63, 3.8) is 0 Å². The molecule has 3 aromatic carbocycles. The average Bonchev–Trinajstić information content (AvgIpc) is 2.94. The number of hydrogen-bond donors (Lipinski definition) is 0. The molecule has 1 unspecified atom stereocenters. The van der Waals surface area contributed by atoms with Gasteiger partial charge < -0.3 is 9.47 Å². The molecule has 0 fully saturated rings. The number of methoxy groups -OCH3 is 1. The van der Waals surface area contributed by atoms with Crippen molar-refractivity contribution in [3.8, 4) is 11.1 Å². The van der Waals surface area contributed by atoms with E-state index in [1.165, 1.54) is 12.0 Å². The largest absolute Gasteiger partial charge is 0.467 e. The number of hydrogen-bond acceptors (Lipinski definition) is 5. The molecule has 190 valence electrons. The molecule has 0 aliphatic rings. The van der Waals surface area contributed by atoms with E-state index in [2.05, 4.69) is 43.3 Å². The quantitative estimate of drug-likeness (QED) is 0.194. The Morgan fingerprint density at radius 3 is 2.11 bits per heavy atom. The Morgan fingerprint density at radius 2 is 1.50 bits per heavy atom. The number of esters is 1. The molecule has 0 spiro atoms. The van der Waals surface area contributed by atoms with Crippen LogP contribution in [-0.2, 0) is 20.9 Å². The maximum Gasteiger partial charge on any atom is 0.410 e. The van der Waals surface area contributed by atoms with E-state index in [4.69, 9.17) is 9.47 Å². The van der Waals surface area contributed by atoms with Crippen LogP contribution in [0.25, 0.3) is 11.1 Å². The van der Waals surface area contributed by atoms with Gasteiger partial charge >= 0.3 is 12.1 Å². The van der Waals surface area contributed by atoms with Crippen LogP contribution in [0.3, 0.4) is 0 Å². The van der Waals surface area contributed by atoms with Crippen molar-refractivity contribution in [2.45, 2.75) is 44.6 Å². The van der Waals surface area contributed by atoms with Crippen LogP contribution in [0.4, 0.5) is 4.79 Å². The fourth-order valence-electron chi connectivity index (χ4n) is 3.81. The molecule has 0 aliphatic carbocycles. The predicted molar refractivity (Wildman–Crippen MR) is 147 cm³/mol. The second-order valence-electron chi connectivity index (χ2n) is 8.59. The lowest BCUT2D eigenvalue weighted by Gasteiger charge is -2.30. The number of amides is 1. The first-order valence-corrected chi connectivity index (χ1v) is 13.4. The van der Waals surface area contributed by atoms with E-state index in [0.717, 1.165) is 40.8 Å². The summed E-state index contributed by atoms with van der Waals surface area (Å²) < 4.78 is 10.6. The molecule has 0 saturated carbocycles. The molecular weight excluding hydrogens is 470 g/mol. The van der Waals surface area contributed by atoms with Crippen molar-refractivity contribution in [1.82, 2.24) is 4.90 Å². The van der Waals surface area contributed by atoms with Gasteiger partial charge in [0.25, 0.3) is 0 Å². The van der Waals surface area contributed by atoms with Crippen molar-refractivity contribution in [2.24, 2.45) is 0 Å². The Hall–Kier alpha value is -3.25. The Balaban J connectivity index is 1.81. The molecule has 3 rings (SSSR count). The molecule has 0 aromatic heterocycles. The number of benzene rings is 3. The smallest absolute Gasteiger partial charge is 0.410 e. The van der Waals surface area contributed by atoms with E-state index in [-0.39, 0.29) is 11.9 Å². The number of thioether (sulfide) groups is 1. The topological polar surface area (TPSA) is 55.8 Å². The van der Waals surface area contributed by atoms with Gasteiger partial charge in [-0.15, -0.1) is 0 Å². The van der Waals surface area contributed by atoms with E-state index in [1.54, 1.807) is 18.7 Å². The van der Waals surface area contributed by atoms with Crippen LogP contribution in [0.2, 0.25) is 0 Å². The average molecular weight is 506 g/mol. The molecule has 1 amide bonds. The van der Waals surface area contributed by atoms with Gasteiger partial charge in [-0.3, -0.25) is 4.90 Å². The number of rotatable bonds is 12. The third kappa shape index (κ3) is 7.89. The lowest BCUT2D eigenvalue weighted by Crippen LogP contribution is -2.45. The molecule has 0 radical (unpaired) electrons. The second-order valence-corrected chi connectivity index (χ2v) is 9.90. The Bertz CT molecular complexity index is 1070. The maximum absolute atomic E-state index is 13.2. The van der Waals surface area contributed by atoms with Gasteiger partial charge in [-0.2, -0.15) is 11.8 Å². The zero-order chi connectivity index (χ0) is 25.8. The molecule has 2 atom stereocenters. The summed E-state index contributed by atoms with van der Waals surface area (Å²) in [5.41, 5.74) is 4.29. The first-order chi connectivity index (χ1) is 17.5. The normalized spacial score (nSPS) is 12.4. The van der Waals surface area contributed by atoms with Gasteiger partial charge in [-0.1, -0.05) is 98.3 Å². The van der Waals surface area contributed by atoms with E-state index in [1.807, 2.05) is 48.5 Å². The highest BCUT2D eigenvalue weighted by atomic mass is 32.2. The molecule has 36 heavy (non-hydrogen) atoms. The van der Waals surface area contributed by atoms with Gasteiger partial charge in [0.05, 0.1) is 7.11 Å². The highest BCUT2D eigenvalue weighted by molar-refractivity contribution is 7.99. The lowest BCUT2D eigenvalue weighted by atomic mass is 10.0. The van der Waals surface area contributed by atoms with Crippen molar-refractivity contribution in [2.75, 3.05) is 19.4 Å². The van der Waals surface area contributed by atoms with Crippen LogP contribution in [0.1, 0.15) is 43.1 Å². The van der Waals surface area contributed by atoms with E-state index in [0.29, 0.717) is 6.54 Å². The third-order valence-corrected chi connectivity index (χ3v) is 7.37.